The average Bonchev–Trinajstić information content (AvgIpc) is 2.96. The fraction of sp³-hybridized carbons (Fsp3) is 0.267. The third kappa shape index (κ3) is 3.03. The van der Waals surface area contributed by atoms with Gasteiger partial charge in [0.15, 0.2) is 0 Å². The maximum Gasteiger partial charge on any atom is 0.256 e. The van der Waals surface area contributed by atoms with E-state index in [0.717, 1.165) is 12.1 Å². The smallest absolute Gasteiger partial charge is 0.256 e. The minimum absolute atomic E-state index is 0.137. The van der Waals surface area contributed by atoms with E-state index < -0.39 is 17.5 Å². The van der Waals surface area contributed by atoms with Crippen molar-refractivity contribution in [2.75, 3.05) is 13.1 Å². The van der Waals surface area contributed by atoms with Gasteiger partial charge in [0.2, 0.25) is 5.88 Å². The molecule has 1 unspecified atom stereocenters. The Labute approximate surface area is 125 Å². The molecule has 2 aromatic rings. The number of carbonyl (C=O) groups excluding carboxylic acids is 1. The van der Waals surface area contributed by atoms with Crippen LogP contribution >= 0.6 is 0 Å². The number of carbonyl (C=O) groups is 1. The van der Waals surface area contributed by atoms with Gasteiger partial charge < -0.3 is 9.64 Å². The number of halogens is 2. The number of nitrogens with zero attached hydrogens (tertiary/aromatic N) is 3. The lowest BCUT2D eigenvalue weighted by Gasteiger charge is -2.17. The van der Waals surface area contributed by atoms with Crippen LogP contribution in [0.4, 0.5) is 8.78 Å². The maximum atomic E-state index is 13.7. The number of ether oxygens (including phenoxy) is 1. The fourth-order valence-electron chi connectivity index (χ4n) is 2.36. The summed E-state index contributed by atoms with van der Waals surface area (Å²) in [6.45, 7) is 0.771. The molecule has 1 amide bonds. The summed E-state index contributed by atoms with van der Waals surface area (Å²) < 4.78 is 32.2. The van der Waals surface area contributed by atoms with Gasteiger partial charge in [0.1, 0.15) is 17.7 Å². The molecule has 0 N–H and O–H groups in total. The standard InChI is InChI=1S/C15H13F2N3O2/c16-10-1-2-12(13(17)7-10)15(21)20-6-3-11(9-20)22-14-8-18-4-5-19-14/h1-2,4-5,7-8,11H,3,6,9H2. The highest BCUT2D eigenvalue weighted by atomic mass is 19.1. The molecule has 1 aliphatic heterocycles. The van der Waals surface area contributed by atoms with Gasteiger partial charge in [-0.15, -0.1) is 0 Å². The number of hydrogen-bond donors (Lipinski definition) is 0. The van der Waals surface area contributed by atoms with E-state index in [0.29, 0.717) is 31.5 Å². The summed E-state index contributed by atoms with van der Waals surface area (Å²) in [5.41, 5.74) is -0.137. The number of likely N-dealkylation sites (tertiary alicyclic amines) is 1. The van der Waals surface area contributed by atoms with Crippen molar-refractivity contribution in [2.45, 2.75) is 12.5 Å². The predicted octanol–water partition coefficient (Wildman–Crippen LogP) is 2.05. The zero-order valence-electron chi connectivity index (χ0n) is 11.6. The lowest BCUT2D eigenvalue weighted by molar-refractivity contribution is 0.0766. The molecule has 1 aromatic carbocycles. The Morgan fingerprint density at radius 1 is 1.32 bits per heavy atom. The van der Waals surface area contributed by atoms with Crippen LogP contribution in [0.1, 0.15) is 16.8 Å². The Bertz CT molecular complexity index is 682. The van der Waals surface area contributed by atoms with Crippen LogP contribution in [-0.4, -0.2) is 40.0 Å². The summed E-state index contributed by atoms with van der Waals surface area (Å²) in [5, 5.41) is 0. The predicted molar refractivity (Wildman–Crippen MR) is 73.3 cm³/mol. The molecule has 7 heteroatoms. The van der Waals surface area contributed by atoms with Gasteiger partial charge in [-0.2, -0.15) is 0 Å². The van der Waals surface area contributed by atoms with E-state index in [9.17, 15) is 13.6 Å². The van der Waals surface area contributed by atoms with Crippen molar-refractivity contribution in [3.05, 3.63) is 54.0 Å². The summed E-state index contributed by atoms with van der Waals surface area (Å²) in [6.07, 6.45) is 4.94. The normalized spacial score (nSPS) is 17.5. The quantitative estimate of drug-likeness (QED) is 0.871. The summed E-state index contributed by atoms with van der Waals surface area (Å²) in [5.74, 6) is -1.65. The van der Waals surface area contributed by atoms with Crippen LogP contribution in [0.5, 0.6) is 5.88 Å². The minimum atomic E-state index is -0.858. The Morgan fingerprint density at radius 3 is 2.91 bits per heavy atom. The largest absolute Gasteiger partial charge is 0.471 e. The van der Waals surface area contributed by atoms with Gasteiger partial charge in [-0.1, -0.05) is 0 Å². The first-order chi connectivity index (χ1) is 10.6. The lowest BCUT2D eigenvalue weighted by Crippen LogP contribution is -2.31. The summed E-state index contributed by atoms with van der Waals surface area (Å²) in [4.78, 5) is 21.6. The van der Waals surface area contributed by atoms with E-state index in [2.05, 4.69) is 9.97 Å². The van der Waals surface area contributed by atoms with Gasteiger partial charge in [0.05, 0.1) is 18.3 Å². The average molecular weight is 305 g/mol. The first-order valence-electron chi connectivity index (χ1n) is 6.80. The Morgan fingerprint density at radius 2 is 2.18 bits per heavy atom. The molecule has 0 radical (unpaired) electrons. The van der Waals surface area contributed by atoms with Crippen molar-refractivity contribution in [2.24, 2.45) is 0 Å². The van der Waals surface area contributed by atoms with Crippen LogP contribution in [0.3, 0.4) is 0 Å². The van der Waals surface area contributed by atoms with Gasteiger partial charge in [0, 0.05) is 31.4 Å². The van der Waals surface area contributed by atoms with Crippen molar-refractivity contribution in [1.29, 1.82) is 0 Å². The van der Waals surface area contributed by atoms with E-state index in [1.807, 2.05) is 0 Å². The molecule has 1 aromatic heterocycles. The van der Waals surface area contributed by atoms with Crippen LogP contribution in [0.15, 0.2) is 36.8 Å². The van der Waals surface area contributed by atoms with Crippen LogP contribution in [0.25, 0.3) is 0 Å². The third-order valence-electron chi connectivity index (χ3n) is 3.42. The first kappa shape index (κ1) is 14.4. The molecular weight excluding hydrogens is 292 g/mol. The molecule has 0 saturated carbocycles. The Hall–Kier alpha value is -2.57. The molecule has 0 bridgehead atoms. The number of benzene rings is 1. The first-order valence-corrected chi connectivity index (χ1v) is 6.80. The van der Waals surface area contributed by atoms with Crippen LogP contribution in [-0.2, 0) is 0 Å². The molecule has 3 rings (SSSR count). The molecule has 1 fully saturated rings. The molecule has 0 spiro atoms. The summed E-state index contributed by atoms with van der Waals surface area (Å²) in [6, 6.07) is 2.93. The monoisotopic (exact) mass is 305 g/mol. The molecule has 0 aliphatic carbocycles. The molecule has 22 heavy (non-hydrogen) atoms. The van der Waals surface area contributed by atoms with E-state index >= 15 is 0 Å². The highest BCUT2D eigenvalue weighted by Gasteiger charge is 2.29. The van der Waals surface area contributed by atoms with Gasteiger partial charge in [-0.25, -0.2) is 13.8 Å². The highest BCUT2D eigenvalue weighted by Crippen LogP contribution is 2.19. The van der Waals surface area contributed by atoms with Gasteiger partial charge in [-0.3, -0.25) is 9.78 Å². The zero-order chi connectivity index (χ0) is 15.5. The van der Waals surface area contributed by atoms with E-state index in [1.165, 1.54) is 23.5 Å². The summed E-state index contributed by atoms with van der Waals surface area (Å²) in [7, 11) is 0. The number of hydrogen-bond acceptors (Lipinski definition) is 4. The molecule has 1 atom stereocenters. The van der Waals surface area contributed by atoms with Gasteiger partial charge >= 0.3 is 0 Å². The number of aromatic nitrogens is 2. The second-order valence-corrected chi connectivity index (χ2v) is 4.95. The SMILES string of the molecule is O=C(c1ccc(F)cc1F)N1CCC(Oc2cnccn2)C1. The topological polar surface area (TPSA) is 55.3 Å². The van der Waals surface area contributed by atoms with Crippen molar-refractivity contribution >= 4 is 5.91 Å². The Balaban J connectivity index is 1.66. The van der Waals surface area contributed by atoms with E-state index in [-0.39, 0.29) is 11.7 Å². The molecule has 5 nitrogen and oxygen atoms in total. The summed E-state index contributed by atoms with van der Waals surface area (Å²) >= 11 is 0. The second-order valence-electron chi connectivity index (χ2n) is 4.95. The highest BCUT2D eigenvalue weighted by molar-refractivity contribution is 5.94. The third-order valence-corrected chi connectivity index (χ3v) is 3.42. The van der Waals surface area contributed by atoms with Crippen LogP contribution < -0.4 is 4.74 Å². The van der Waals surface area contributed by atoms with Crippen molar-refractivity contribution in [3.63, 3.8) is 0 Å². The number of amides is 1. The van der Waals surface area contributed by atoms with Crippen LogP contribution in [0.2, 0.25) is 0 Å². The molecule has 114 valence electrons. The van der Waals surface area contributed by atoms with Crippen molar-refractivity contribution in [3.8, 4) is 5.88 Å². The minimum Gasteiger partial charge on any atom is -0.471 e. The van der Waals surface area contributed by atoms with Crippen molar-refractivity contribution < 1.29 is 18.3 Å². The lowest BCUT2D eigenvalue weighted by atomic mass is 10.2. The van der Waals surface area contributed by atoms with Crippen molar-refractivity contribution in [1.82, 2.24) is 14.9 Å². The molecule has 1 aliphatic rings. The Kier molecular flexibility index (Phi) is 3.95. The van der Waals surface area contributed by atoms with E-state index in [1.54, 1.807) is 0 Å². The number of rotatable bonds is 3. The fourth-order valence-corrected chi connectivity index (χ4v) is 2.36. The van der Waals surface area contributed by atoms with Gasteiger partial charge in [-0.05, 0) is 12.1 Å². The second kappa shape index (κ2) is 6.05. The van der Waals surface area contributed by atoms with Crippen LogP contribution in [0, 0.1) is 11.6 Å². The molecule has 1 saturated heterocycles. The zero-order valence-corrected chi connectivity index (χ0v) is 11.6. The van der Waals surface area contributed by atoms with Gasteiger partial charge in [0.25, 0.3) is 5.91 Å². The maximum absolute atomic E-state index is 13.7. The van der Waals surface area contributed by atoms with E-state index in [4.69, 9.17) is 4.74 Å². The molecule has 2 heterocycles. The molecular formula is C15H13F2N3O2.